The Morgan fingerprint density at radius 2 is 1.60 bits per heavy atom. The van der Waals surface area contributed by atoms with Crippen molar-refractivity contribution in [2.75, 3.05) is 7.05 Å². The molecule has 2 heterocycles. The predicted octanol–water partition coefficient (Wildman–Crippen LogP) is 5.78. The molecule has 2 saturated carbocycles. The van der Waals surface area contributed by atoms with Crippen molar-refractivity contribution in [1.82, 2.24) is 15.8 Å². The van der Waals surface area contributed by atoms with Gasteiger partial charge < -0.3 is 19.6 Å². The first-order valence-electron chi connectivity index (χ1n) is 13.2. The average molecular weight is 547 g/mol. The molecular weight excluding hydrogens is 518 g/mol. The van der Waals surface area contributed by atoms with Gasteiger partial charge in [0.1, 0.15) is 11.1 Å². The summed E-state index contributed by atoms with van der Waals surface area (Å²) in [6, 6.07) is 16.7. The van der Waals surface area contributed by atoms with E-state index in [1.807, 2.05) is 42.5 Å². The van der Waals surface area contributed by atoms with Crippen molar-refractivity contribution in [2.45, 2.75) is 55.5 Å². The fourth-order valence-electron chi connectivity index (χ4n) is 5.26. The number of carbonyl (C=O) groups excluding carboxylic acids is 2. The molecule has 0 bridgehead atoms. The van der Waals surface area contributed by atoms with Crippen molar-refractivity contribution in [3.8, 4) is 22.5 Å². The number of benzene rings is 2. The minimum Gasteiger partial charge on any atom is -0.451 e. The predicted molar refractivity (Wildman–Crippen MR) is 145 cm³/mol. The highest BCUT2D eigenvalue weighted by atomic mass is 19.3. The number of rotatable bonds is 7. The zero-order chi connectivity index (χ0) is 28.0. The van der Waals surface area contributed by atoms with Crippen LogP contribution in [0.25, 0.3) is 33.4 Å². The first kappa shape index (κ1) is 25.9. The minimum atomic E-state index is -2.88. The number of aromatic nitrogens is 1. The Morgan fingerprint density at radius 3 is 2.25 bits per heavy atom. The van der Waals surface area contributed by atoms with Crippen LogP contribution in [-0.4, -0.2) is 47.2 Å². The van der Waals surface area contributed by atoms with Gasteiger partial charge in [0.2, 0.25) is 11.8 Å². The molecule has 0 unspecified atom stereocenters. The molecule has 0 spiro atoms. The van der Waals surface area contributed by atoms with Gasteiger partial charge in [-0.15, -0.1) is 0 Å². The summed E-state index contributed by atoms with van der Waals surface area (Å²) in [6.45, 7) is 0. The van der Waals surface area contributed by atoms with E-state index < -0.39 is 41.7 Å². The molecule has 2 N–H and O–H groups in total. The lowest BCUT2D eigenvalue weighted by atomic mass is 9.78. The van der Waals surface area contributed by atoms with E-state index in [1.54, 1.807) is 31.6 Å². The summed E-state index contributed by atoms with van der Waals surface area (Å²) in [5.41, 5.74) is 1.17. The van der Waals surface area contributed by atoms with Gasteiger partial charge in [0, 0.05) is 43.1 Å². The highest BCUT2D eigenvalue weighted by Crippen LogP contribution is 2.41. The van der Waals surface area contributed by atoms with Crippen molar-refractivity contribution in [3.63, 3.8) is 0 Å². The van der Waals surface area contributed by atoms with E-state index in [4.69, 9.17) is 8.94 Å². The zero-order valence-corrected chi connectivity index (χ0v) is 21.9. The van der Waals surface area contributed by atoms with E-state index in [0.717, 1.165) is 16.7 Å². The third-order valence-corrected chi connectivity index (χ3v) is 7.83. The Bertz CT molecular complexity index is 1580. The number of carbonyl (C=O) groups is 2. The summed E-state index contributed by atoms with van der Waals surface area (Å²) in [6.07, 6.45) is 3.34. The molecule has 2 amide bonds. The second-order valence-corrected chi connectivity index (χ2v) is 10.7. The third-order valence-electron chi connectivity index (χ3n) is 7.83. The van der Waals surface area contributed by atoms with Gasteiger partial charge in [-0.2, -0.15) is 0 Å². The van der Waals surface area contributed by atoms with Gasteiger partial charge in [0.05, 0.1) is 11.7 Å². The topological polar surface area (TPSA) is 110 Å². The maximum atomic E-state index is 14.1. The van der Waals surface area contributed by atoms with Crippen LogP contribution in [0.3, 0.4) is 0 Å². The second kappa shape index (κ2) is 9.69. The van der Waals surface area contributed by atoms with Gasteiger partial charge >= 0.3 is 0 Å². The first-order chi connectivity index (χ1) is 19.2. The van der Waals surface area contributed by atoms with E-state index in [2.05, 4.69) is 20.8 Å². The molecule has 0 aliphatic heterocycles. The summed E-state index contributed by atoms with van der Waals surface area (Å²) < 4.78 is 39.2. The van der Waals surface area contributed by atoms with Crippen molar-refractivity contribution in [1.29, 1.82) is 0 Å². The molecule has 0 saturated heterocycles. The van der Waals surface area contributed by atoms with E-state index in [-0.39, 0.29) is 18.6 Å². The Balaban J connectivity index is 1.23. The Morgan fingerprint density at radius 1 is 0.900 bits per heavy atom. The van der Waals surface area contributed by atoms with Gasteiger partial charge in [0.25, 0.3) is 5.91 Å². The molecule has 0 radical (unpaired) electrons. The standard InChI is InChI=1S/C30H28F2N4O4/c1-33-18-28(9-10-28)36-27(38)29(11-13-30(31,32)14-12-29)35-26(37)25-17-22-7-6-21(16-24(22)39-25)19-2-4-20(5-3-19)23-8-15-34-40-23/h2-8,15-18H,9-14H2,1H3,(H,35,37)(H,36,38)/b33-18+. The third kappa shape index (κ3) is 5.01. The molecular formula is C30H28F2N4O4. The SMILES string of the molecule is C/N=C/C1(NC(=O)C2(NC(=O)c3cc4ccc(-c5ccc(-c6ccno6)cc5)cc4o3)CCC(F)(F)CC2)CC1. The summed E-state index contributed by atoms with van der Waals surface area (Å²) >= 11 is 0. The molecule has 6 rings (SSSR count). The lowest BCUT2D eigenvalue weighted by Crippen LogP contribution is -2.63. The van der Waals surface area contributed by atoms with Crippen LogP contribution in [0, 0.1) is 0 Å². The van der Waals surface area contributed by atoms with Crippen molar-refractivity contribution in [2.24, 2.45) is 4.99 Å². The van der Waals surface area contributed by atoms with Crippen LogP contribution in [0.1, 0.15) is 49.1 Å². The van der Waals surface area contributed by atoms with Crippen molar-refractivity contribution >= 4 is 29.0 Å². The van der Waals surface area contributed by atoms with Crippen LogP contribution < -0.4 is 10.6 Å². The Hall–Kier alpha value is -4.34. The molecule has 2 aliphatic rings. The normalized spacial score (nSPS) is 19.0. The number of alkyl halides is 2. The monoisotopic (exact) mass is 546 g/mol. The second-order valence-electron chi connectivity index (χ2n) is 10.7. The molecule has 40 heavy (non-hydrogen) atoms. The Kier molecular flexibility index (Phi) is 6.28. The van der Waals surface area contributed by atoms with Crippen LogP contribution in [0.4, 0.5) is 8.78 Å². The number of furan rings is 1. The van der Waals surface area contributed by atoms with E-state index in [9.17, 15) is 18.4 Å². The molecule has 2 aromatic heterocycles. The zero-order valence-electron chi connectivity index (χ0n) is 21.9. The number of hydrogen-bond donors (Lipinski definition) is 2. The lowest BCUT2D eigenvalue weighted by Gasteiger charge is -2.39. The van der Waals surface area contributed by atoms with Crippen LogP contribution in [0.2, 0.25) is 0 Å². The number of fused-ring (bicyclic) bond motifs is 1. The van der Waals surface area contributed by atoms with Crippen LogP contribution >= 0.6 is 0 Å². The fraction of sp³-hybridized carbons (Fsp3) is 0.333. The highest BCUT2D eigenvalue weighted by molar-refractivity contribution is 6.01. The minimum absolute atomic E-state index is 0.00795. The first-order valence-corrected chi connectivity index (χ1v) is 13.2. The van der Waals surface area contributed by atoms with E-state index in [1.165, 1.54) is 0 Å². The van der Waals surface area contributed by atoms with Crippen molar-refractivity contribution in [3.05, 3.63) is 66.6 Å². The molecule has 0 atom stereocenters. The van der Waals surface area contributed by atoms with Gasteiger partial charge in [-0.25, -0.2) is 8.78 Å². The average Bonchev–Trinajstić information content (AvgIpc) is 3.32. The molecule has 2 fully saturated rings. The molecule has 4 aromatic rings. The van der Waals surface area contributed by atoms with Crippen LogP contribution in [-0.2, 0) is 4.79 Å². The summed E-state index contributed by atoms with van der Waals surface area (Å²) in [5.74, 6) is -3.29. The summed E-state index contributed by atoms with van der Waals surface area (Å²) in [7, 11) is 1.62. The van der Waals surface area contributed by atoms with Gasteiger partial charge in [-0.3, -0.25) is 14.6 Å². The maximum absolute atomic E-state index is 14.1. The maximum Gasteiger partial charge on any atom is 0.287 e. The number of halogens is 2. The lowest BCUT2D eigenvalue weighted by molar-refractivity contribution is -0.133. The summed E-state index contributed by atoms with van der Waals surface area (Å²) in [4.78, 5) is 30.8. The van der Waals surface area contributed by atoms with Gasteiger partial charge in [-0.1, -0.05) is 41.6 Å². The molecule has 8 nitrogen and oxygen atoms in total. The fourth-order valence-corrected chi connectivity index (χ4v) is 5.26. The smallest absolute Gasteiger partial charge is 0.287 e. The number of hydrogen-bond acceptors (Lipinski definition) is 6. The molecule has 2 aromatic carbocycles. The van der Waals surface area contributed by atoms with Crippen LogP contribution in [0.5, 0.6) is 0 Å². The number of aliphatic imine (C=N–C) groups is 1. The molecule has 206 valence electrons. The number of nitrogens with zero attached hydrogens (tertiary/aromatic N) is 2. The molecule has 10 heteroatoms. The molecule has 2 aliphatic carbocycles. The Labute approximate surface area is 228 Å². The largest absolute Gasteiger partial charge is 0.451 e. The number of amides is 2. The summed E-state index contributed by atoms with van der Waals surface area (Å²) in [5, 5.41) is 10.1. The van der Waals surface area contributed by atoms with Crippen molar-refractivity contribution < 1.29 is 27.3 Å². The quantitative estimate of drug-likeness (QED) is 0.286. The van der Waals surface area contributed by atoms with E-state index in [0.29, 0.717) is 29.6 Å². The van der Waals surface area contributed by atoms with Gasteiger partial charge in [-0.05, 0) is 48.9 Å². The number of nitrogens with one attached hydrogen (secondary N) is 2. The highest BCUT2D eigenvalue weighted by Gasteiger charge is 2.52. The van der Waals surface area contributed by atoms with Gasteiger partial charge in [0.15, 0.2) is 11.5 Å². The van der Waals surface area contributed by atoms with E-state index >= 15 is 0 Å². The van der Waals surface area contributed by atoms with Crippen LogP contribution in [0.15, 0.2) is 74.7 Å².